The van der Waals surface area contributed by atoms with Gasteiger partial charge in [-0.15, -0.1) is 0 Å². The Morgan fingerprint density at radius 3 is 2.52 bits per heavy atom. The Bertz CT molecular complexity index is 788. The Labute approximate surface area is 134 Å². The Kier molecular flexibility index (Phi) is 5.43. The number of carboxylic acids is 1. The lowest BCUT2D eigenvalue weighted by molar-refractivity contribution is 0.0696. The van der Waals surface area contributed by atoms with Gasteiger partial charge < -0.3 is 9.84 Å². The van der Waals surface area contributed by atoms with Crippen molar-refractivity contribution < 1.29 is 23.1 Å². The number of benzene rings is 1. The van der Waals surface area contributed by atoms with Gasteiger partial charge in [0.2, 0.25) is 10.0 Å². The normalized spacial score (nSPS) is 11.3. The molecule has 8 heteroatoms. The number of aromatic nitrogens is 1. The lowest BCUT2D eigenvalue weighted by Gasteiger charge is -2.07. The summed E-state index contributed by atoms with van der Waals surface area (Å²) in [7, 11) is -2.10. The number of pyridine rings is 1. The largest absolute Gasteiger partial charge is 0.478 e. The Balaban J connectivity index is 2.22. The highest BCUT2D eigenvalue weighted by Gasteiger charge is 2.13. The first kappa shape index (κ1) is 17.1. The summed E-state index contributed by atoms with van der Waals surface area (Å²) in [6, 6.07) is 7.60. The first-order chi connectivity index (χ1) is 10.9. The van der Waals surface area contributed by atoms with Gasteiger partial charge >= 0.3 is 5.97 Å². The molecule has 122 valence electrons. The van der Waals surface area contributed by atoms with E-state index in [2.05, 4.69) is 9.71 Å². The standard InChI is InChI=1S/C15H16N2O5S/c1-22-7-6-17-23(20,21)14-4-2-11(3-5-14)12-8-13(15(18)19)10-16-9-12/h2-5,8-10,17H,6-7H2,1H3,(H,18,19). The van der Waals surface area contributed by atoms with Gasteiger partial charge in [-0.1, -0.05) is 12.1 Å². The number of hydrogen-bond acceptors (Lipinski definition) is 5. The van der Waals surface area contributed by atoms with E-state index in [-0.39, 0.29) is 23.6 Å². The maximum Gasteiger partial charge on any atom is 0.337 e. The van der Waals surface area contributed by atoms with Crippen molar-refractivity contribution in [3.05, 3.63) is 48.3 Å². The summed E-state index contributed by atoms with van der Waals surface area (Å²) in [4.78, 5) is 15.0. The van der Waals surface area contributed by atoms with Crippen molar-refractivity contribution in [2.75, 3.05) is 20.3 Å². The van der Waals surface area contributed by atoms with E-state index in [4.69, 9.17) is 9.84 Å². The number of hydrogen-bond donors (Lipinski definition) is 2. The van der Waals surface area contributed by atoms with E-state index in [0.717, 1.165) is 0 Å². The van der Waals surface area contributed by atoms with Crippen LogP contribution in [0, 0.1) is 0 Å². The van der Waals surface area contributed by atoms with Crippen LogP contribution in [-0.2, 0) is 14.8 Å². The molecule has 0 atom stereocenters. The van der Waals surface area contributed by atoms with Gasteiger partial charge in [0.25, 0.3) is 0 Å². The number of rotatable bonds is 7. The molecule has 0 spiro atoms. The summed E-state index contributed by atoms with van der Waals surface area (Å²) in [6.45, 7) is 0.468. The van der Waals surface area contributed by atoms with Gasteiger partial charge in [-0.05, 0) is 23.8 Å². The van der Waals surface area contributed by atoms with Crippen LogP contribution >= 0.6 is 0 Å². The number of sulfonamides is 1. The molecule has 1 heterocycles. The molecule has 2 N–H and O–H groups in total. The molecule has 23 heavy (non-hydrogen) atoms. The van der Waals surface area contributed by atoms with E-state index in [9.17, 15) is 13.2 Å². The molecule has 0 fully saturated rings. The van der Waals surface area contributed by atoms with Crippen LogP contribution < -0.4 is 4.72 Å². The zero-order valence-corrected chi connectivity index (χ0v) is 13.2. The minimum Gasteiger partial charge on any atom is -0.478 e. The smallest absolute Gasteiger partial charge is 0.337 e. The van der Waals surface area contributed by atoms with Crippen LogP contribution in [0.1, 0.15) is 10.4 Å². The average Bonchev–Trinajstić information content (AvgIpc) is 2.55. The van der Waals surface area contributed by atoms with E-state index in [1.807, 2.05) is 0 Å². The molecule has 2 rings (SSSR count). The molecule has 0 aliphatic heterocycles. The molecule has 0 aliphatic rings. The SMILES string of the molecule is COCCNS(=O)(=O)c1ccc(-c2cncc(C(=O)O)c2)cc1. The second-order valence-corrected chi connectivity index (χ2v) is 6.45. The number of ether oxygens (including phenoxy) is 1. The van der Waals surface area contributed by atoms with E-state index in [0.29, 0.717) is 11.1 Å². The van der Waals surface area contributed by atoms with Crippen molar-refractivity contribution in [2.45, 2.75) is 4.90 Å². The Hall–Kier alpha value is -2.29. The molecule has 0 saturated carbocycles. The highest BCUT2D eigenvalue weighted by Crippen LogP contribution is 2.21. The van der Waals surface area contributed by atoms with E-state index in [1.54, 1.807) is 12.1 Å². The lowest BCUT2D eigenvalue weighted by Crippen LogP contribution is -2.27. The van der Waals surface area contributed by atoms with E-state index < -0.39 is 16.0 Å². The Morgan fingerprint density at radius 1 is 1.22 bits per heavy atom. The van der Waals surface area contributed by atoms with Crippen LogP contribution in [0.3, 0.4) is 0 Å². The Morgan fingerprint density at radius 2 is 1.91 bits per heavy atom. The van der Waals surface area contributed by atoms with Crippen molar-refractivity contribution in [1.82, 2.24) is 9.71 Å². The van der Waals surface area contributed by atoms with Crippen LogP contribution in [-0.4, -0.2) is 44.7 Å². The van der Waals surface area contributed by atoms with Crippen molar-refractivity contribution >= 4 is 16.0 Å². The minimum atomic E-state index is -3.59. The van der Waals surface area contributed by atoms with Crippen molar-refractivity contribution in [3.63, 3.8) is 0 Å². The second kappa shape index (κ2) is 7.32. The maximum absolute atomic E-state index is 12.0. The van der Waals surface area contributed by atoms with Crippen LogP contribution in [0.15, 0.2) is 47.6 Å². The predicted molar refractivity (Wildman–Crippen MR) is 83.7 cm³/mol. The van der Waals surface area contributed by atoms with Gasteiger partial charge in [-0.2, -0.15) is 0 Å². The molecule has 1 aromatic carbocycles. The highest BCUT2D eigenvalue weighted by atomic mass is 32.2. The van der Waals surface area contributed by atoms with Gasteiger partial charge in [0, 0.05) is 31.6 Å². The molecular formula is C15H16N2O5S. The number of nitrogens with zero attached hydrogens (tertiary/aromatic N) is 1. The number of carboxylic acid groups (broad SMARTS) is 1. The average molecular weight is 336 g/mol. The van der Waals surface area contributed by atoms with Gasteiger partial charge in [-0.25, -0.2) is 17.9 Å². The fourth-order valence-corrected chi connectivity index (χ4v) is 2.92. The van der Waals surface area contributed by atoms with Gasteiger partial charge in [0.1, 0.15) is 0 Å². The number of carbonyl (C=O) groups is 1. The minimum absolute atomic E-state index is 0.0698. The summed E-state index contributed by atoms with van der Waals surface area (Å²) in [5.74, 6) is -1.07. The topological polar surface area (TPSA) is 106 Å². The van der Waals surface area contributed by atoms with Crippen LogP contribution in [0.4, 0.5) is 0 Å². The van der Waals surface area contributed by atoms with Gasteiger partial charge in [0.15, 0.2) is 0 Å². The molecule has 1 aromatic heterocycles. The molecule has 2 aromatic rings. The molecule has 0 unspecified atom stereocenters. The summed E-state index contributed by atoms with van der Waals surface area (Å²) < 4.78 is 31.3. The first-order valence-electron chi connectivity index (χ1n) is 6.71. The van der Waals surface area contributed by atoms with Gasteiger partial charge in [0.05, 0.1) is 17.1 Å². The predicted octanol–water partition coefficient (Wildman–Crippen LogP) is 1.37. The molecular weight excluding hydrogens is 320 g/mol. The molecule has 0 bridgehead atoms. The third-order valence-corrected chi connectivity index (χ3v) is 4.56. The number of methoxy groups -OCH3 is 1. The highest BCUT2D eigenvalue weighted by molar-refractivity contribution is 7.89. The van der Waals surface area contributed by atoms with Crippen molar-refractivity contribution in [1.29, 1.82) is 0 Å². The monoisotopic (exact) mass is 336 g/mol. The zero-order chi connectivity index (χ0) is 16.9. The van der Waals surface area contributed by atoms with Crippen LogP contribution in [0.2, 0.25) is 0 Å². The quantitative estimate of drug-likeness (QED) is 0.740. The van der Waals surface area contributed by atoms with Crippen LogP contribution in [0.5, 0.6) is 0 Å². The van der Waals surface area contributed by atoms with Crippen molar-refractivity contribution in [2.24, 2.45) is 0 Å². The third kappa shape index (κ3) is 4.35. The van der Waals surface area contributed by atoms with Gasteiger partial charge in [-0.3, -0.25) is 4.98 Å². The van der Waals surface area contributed by atoms with E-state index in [1.165, 1.54) is 37.7 Å². The third-order valence-electron chi connectivity index (χ3n) is 3.08. The first-order valence-corrected chi connectivity index (χ1v) is 8.20. The number of nitrogens with one attached hydrogen (secondary N) is 1. The summed E-state index contributed by atoms with van der Waals surface area (Å²) in [5, 5.41) is 8.97. The van der Waals surface area contributed by atoms with Crippen molar-refractivity contribution in [3.8, 4) is 11.1 Å². The molecule has 0 radical (unpaired) electrons. The summed E-state index contributed by atoms with van der Waals surface area (Å²) in [5.41, 5.74) is 1.35. The lowest BCUT2D eigenvalue weighted by atomic mass is 10.1. The second-order valence-electron chi connectivity index (χ2n) is 4.68. The number of aromatic carboxylic acids is 1. The molecule has 7 nitrogen and oxygen atoms in total. The van der Waals surface area contributed by atoms with E-state index >= 15 is 0 Å². The molecule has 0 aliphatic carbocycles. The fourth-order valence-electron chi connectivity index (χ4n) is 1.90. The summed E-state index contributed by atoms with van der Waals surface area (Å²) in [6.07, 6.45) is 2.77. The fraction of sp³-hybridized carbons (Fsp3) is 0.200. The maximum atomic E-state index is 12.0. The summed E-state index contributed by atoms with van der Waals surface area (Å²) >= 11 is 0. The van der Waals surface area contributed by atoms with Crippen LogP contribution in [0.25, 0.3) is 11.1 Å². The molecule has 0 saturated heterocycles. The molecule has 0 amide bonds. The zero-order valence-electron chi connectivity index (χ0n) is 12.4.